The molecule has 0 aliphatic heterocycles. The first-order valence-corrected chi connectivity index (χ1v) is 5.77. The Kier molecular flexibility index (Phi) is 6.45. The third kappa shape index (κ3) is 9.80. The maximum atomic E-state index is 10.0. The standard InChI is InChI=1S/C6H4BrCl.C5H11NO2/c7-5-1-3-6(8)4-2-5;1-5(2,3)8-4(6)7/h1-4H;1-3H3,(H2,6,7). The van der Waals surface area contributed by atoms with Gasteiger partial charge in [-0.1, -0.05) is 27.5 Å². The molecule has 1 rings (SSSR count). The van der Waals surface area contributed by atoms with Gasteiger partial charge in [-0.05, 0) is 45.0 Å². The lowest BCUT2D eigenvalue weighted by molar-refractivity contribution is 0.0600. The topological polar surface area (TPSA) is 52.3 Å². The Hall–Kier alpha value is -0.740. The van der Waals surface area contributed by atoms with Crippen LogP contribution in [0.25, 0.3) is 0 Å². The van der Waals surface area contributed by atoms with Crippen LogP contribution in [0, 0.1) is 0 Å². The maximum Gasteiger partial charge on any atom is 0.405 e. The van der Waals surface area contributed by atoms with E-state index in [1.54, 1.807) is 20.8 Å². The number of amides is 1. The van der Waals surface area contributed by atoms with E-state index in [2.05, 4.69) is 20.7 Å². The van der Waals surface area contributed by atoms with Crippen molar-refractivity contribution < 1.29 is 9.53 Å². The summed E-state index contributed by atoms with van der Waals surface area (Å²) in [6.45, 7) is 5.28. The Balaban J connectivity index is 0.000000281. The van der Waals surface area contributed by atoms with Gasteiger partial charge in [-0.3, -0.25) is 0 Å². The molecule has 0 saturated carbocycles. The van der Waals surface area contributed by atoms with Crippen molar-refractivity contribution in [1.29, 1.82) is 0 Å². The van der Waals surface area contributed by atoms with Crippen molar-refractivity contribution in [2.24, 2.45) is 5.73 Å². The predicted molar refractivity (Wildman–Crippen MR) is 69.6 cm³/mol. The van der Waals surface area contributed by atoms with E-state index in [1.807, 2.05) is 24.3 Å². The zero-order valence-electron chi connectivity index (χ0n) is 9.46. The molecule has 0 heterocycles. The molecule has 0 aliphatic carbocycles. The third-order valence-corrected chi connectivity index (χ3v) is 1.99. The number of halogens is 2. The van der Waals surface area contributed by atoms with E-state index in [0.29, 0.717) is 0 Å². The van der Waals surface area contributed by atoms with Crippen LogP contribution in [0.4, 0.5) is 4.79 Å². The summed E-state index contributed by atoms with van der Waals surface area (Å²) in [6.07, 6.45) is -0.725. The number of carbonyl (C=O) groups excluding carboxylic acids is 1. The summed E-state index contributed by atoms with van der Waals surface area (Å²) in [7, 11) is 0. The fraction of sp³-hybridized carbons (Fsp3) is 0.364. The van der Waals surface area contributed by atoms with Crippen molar-refractivity contribution in [1.82, 2.24) is 0 Å². The van der Waals surface area contributed by atoms with Gasteiger partial charge in [0.2, 0.25) is 0 Å². The molecule has 0 spiro atoms. The molecule has 0 saturated heterocycles. The summed E-state index contributed by atoms with van der Waals surface area (Å²) in [5.41, 5.74) is 4.26. The number of benzene rings is 1. The lowest BCUT2D eigenvalue weighted by Gasteiger charge is -2.16. The van der Waals surface area contributed by atoms with E-state index in [4.69, 9.17) is 17.3 Å². The van der Waals surface area contributed by atoms with E-state index in [1.165, 1.54) is 0 Å². The number of rotatable bonds is 0. The Morgan fingerprint density at radius 2 is 1.75 bits per heavy atom. The van der Waals surface area contributed by atoms with E-state index in [0.717, 1.165) is 9.50 Å². The van der Waals surface area contributed by atoms with Gasteiger partial charge >= 0.3 is 6.09 Å². The largest absolute Gasteiger partial charge is 0.444 e. The van der Waals surface area contributed by atoms with Gasteiger partial charge < -0.3 is 10.5 Å². The molecule has 1 amide bonds. The quantitative estimate of drug-likeness (QED) is 0.788. The SMILES string of the molecule is CC(C)(C)OC(N)=O.Clc1ccc(Br)cc1. The van der Waals surface area contributed by atoms with Gasteiger partial charge in [0.05, 0.1) is 0 Å². The van der Waals surface area contributed by atoms with Crippen LogP contribution in [0.15, 0.2) is 28.7 Å². The summed E-state index contributed by atoms with van der Waals surface area (Å²) in [4.78, 5) is 10.0. The summed E-state index contributed by atoms with van der Waals surface area (Å²) in [6, 6.07) is 7.49. The third-order valence-electron chi connectivity index (χ3n) is 1.21. The van der Waals surface area contributed by atoms with Gasteiger partial charge in [0.15, 0.2) is 0 Å². The normalized spacial score (nSPS) is 10.1. The number of hydrogen-bond donors (Lipinski definition) is 1. The van der Waals surface area contributed by atoms with Crippen LogP contribution in [0.1, 0.15) is 20.8 Å². The molecule has 2 N–H and O–H groups in total. The van der Waals surface area contributed by atoms with Gasteiger partial charge in [0.1, 0.15) is 5.60 Å². The Bertz CT molecular complexity index is 312. The Labute approximate surface area is 109 Å². The Morgan fingerprint density at radius 1 is 1.31 bits per heavy atom. The lowest BCUT2D eigenvalue weighted by atomic mass is 10.2. The molecule has 1 aromatic rings. The minimum atomic E-state index is -0.725. The Morgan fingerprint density at radius 3 is 1.94 bits per heavy atom. The summed E-state index contributed by atoms with van der Waals surface area (Å²) < 4.78 is 5.63. The minimum absolute atomic E-state index is 0.453. The number of carbonyl (C=O) groups is 1. The fourth-order valence-electron chi connectivity index (χ4n) is 0.731. The van der Waals surface area contributed by atoms with Crippen molar-refractivity contribution in [3.8, 4) is 0 Å². The van der Waals surface area contributed by atoms with Gasteiger partial charge in [-0.25, -0.2) is 4.79 Å². The first kappa shape index (κ1) is 15.3. The number of ether oxygens (including phenoxy) is 1. The van der Waals surface area contributed by atoms with Crippen LogP contribution < -0.4 is 5.73 Å². The number of primary amides is 1. The van der Waals surface area contributed by atoms with Crippen LogP contribution in [0.2, 0.25) is 5.02 Å². The van der Waals surface area contributed by atoms with Crippen LogP contribution in [0.3, 0.4) is 0 Å². The molecule has 0 radical (unpaired) electrons. The van der Waals surface area contributed by atoms with Crippen molar-refractivity contribution >= 4 is 33.6 Å². The first-order chi connectivity index (χ1) is 7.20. The van der Waals surface area contributed by atoms with E-state index >= 15 is 0 Å². The monoisotopic (exact) mass is 307 g/mol. The van der Waals surface area contributed by atoms with Gasteiger partial charge in [0.25, 0.3) is 0 Å². The minimum Gasteiger partial charge on any atom is -0.444 e. The lowest BCUT2D eigenvalue weighted by Crippen LogP contribution is -2.27. The molecule has 0 aliphatic rings. The molecule has 0 aromatic heterocycles. The van der Waals surface area contributed by atoms with Gasteiger partial charge in [0, 0.05) is 9.50 Å². The smallest absolute Gasteiger partial charge is 0.405 e. The first-order valence-electron chi connectivity index (χ1n) is 4.60. The predicted octanol–water partition coefficient (Wildman–Crippen LogP) is 3.98. The molecular formula is C11H15BrClNO2. The molecular weight excluding hydrogens is 293 g/mol. The second kappa shape index (κ2) is 6.76. The van der Waals surface area contributed by atoms with Gasteiger partial charge in [-0.2, -0.15) is 0 Å². The zero-order valence-corrected chi connectivity index (χ0v) is 11.8. The molecule has 1 aromatic carbocycles. The second-order valence-corrected chi connectivity index (χ2v) is 5.32. The maximum absolute atomic E-state index is 10.0. The highest BCUT2D eigenvalue weighted by atomic mass is 79.9. The summed E-state index contributed by atoms with van der Waals surface area (Å²) in [5, 5.41) is 0.771. The van der Waals surface area contributed by atoms with Crippen molar-refractivity contribution in [2.45, 2.75) is 26.4 Å². The zero-order chi connectivity index (χ0) is 12.8. The number of hydrogen-bond acceptors (Lipinski definition) is 2. The average Bonchev–Trinajstić information content (AvgIpc) is 2.07. The molecule has 0 fully saturated rings. The van der Waals surface area contributed by atoms with Crippen LogP contribution >= 0.6 is 27.5 Å². The second-order valence-electron chi connectivity index (χ2n) is 3.97. The van der Waals surface area contributed by atoms with E-state index < -0.39 is 11.7 Å². The number of nitrogens with two attached hydrogens (primary N) is 1. The summed E-state index contributed by atoms with van der Waals surface area (Å²) in [5.74, 6) is 0. The highest BCUT2D eigenvalue weighted by molar-refractivity contribution is 9.10. The van der Waals surface area contributed by atoms with E-state index in [9.17, 15) is 4.79 Å². The molecule has 90 valence electrons. The van der Waals surface area contributed by atoms with E-state index in [-0.39, 0.29) is 0 Å². The summed E-state index contributed by atoms with van der Waals surface area (Å²) >= 11 is 8.88. The van der Waals surface area contributed by atoms with Crippen LogP contribution in [-0.4, -0.2) is 11.7 Å². The fourth-order valence-corrected chi connectivity index (χ4v) is 1.12. The van der Waals surface area contributed by atoms with Crippen LogP contribution in [-0.2, 0) is 4.74 Å². The van der Waals surface area contributed by atoms with Crippen molar-refractivity contribution in [3.05, 3.63) is 33.8 Å². The molecule has 0 bridgehead atoms. The highest BCUT2D eigenvalue weighted by Crippen LogP contribution is 2.13. The van der Waals surface area contributed by atoms with Crippen LogP contribution in [0.5, 0.6) is 0 Å². The highest BCUT2D eigenvalue weighted by Gasteiger charge is 2.12. The molecule has 16 heavy (non-hydrogen) atoms. The van der Waals surface area contributed by atoms with Crippen molar-refractivity contribution in [3.63, 3.8) is 0 Å². The molecule has 3 nitrogen and oxygen atoms in total. The molecule has 5 heteroatoms. The molecule has 0 unspecified atom stereocenters. The average molecular weight is 309 g/mol. The molecule has 0 atom stereocenters. The van der Waals surface area contributed by atoms with Gasteiger partial charge in [-0.15, -0.1) is 0 Å². The van der Waals surface area contributed by atoms with Crippen molar-refractivity contribution in [2.75, 3.05) is 0 Å².